The first kappa shape index (κ1) is 10.1. The van der Waals surface area contributed by atoms with Crippen LogP contribution in [0.2, 0.25) is 0 Å². The van der Waals surface area contributed by atoms with E-state index >= 15 is 0 Å². The molecule has 4 heteroatoms. The quantitative estimate of drug-likeness (QED) is 0.799. The van der Waals surface area contributed by atoms with Gasteiger partial charge in [-0.25, -0.2) is 0 Å². The van der Waals surface area contributed by atoms with E-state index in [2.05, 4.69) is 11.2 Å². The lowest BCUT2D eigenvalue weighted by atomic mass is 9.97. The lowest BCUT2D eigenvalue weighted by Crippen LogP contribution is -2.31. The van der Waals surface area contributed by atoms with Crippen LogP contribution in [0.4, 0.5) is 0 Å². The molecule has 1 N–H and O–H groups in total. The molecule has 2 rings (SSSR count). The fraction of sp³-hybridized carbons (Fsp3) is 0.700. The van der Waals surface area contributed by atoms with Gasteiger partial charge in [-0.15, -0.1) is 0 Å². The van der Waals surface area contributed by atoms with E-state index in [1.54, 1.807) is 0 Å². The molecular weight excluding hydrogens is 196 g/mol. The summed E-state index contributed by atoms with van der Waals surface area (Å²) in [4.78, 5) is 0. The van der Waals surface area contributed by atoms with E-state index in [4.69, 9.17) is 0 Å². The van der Waals surface area contributed by atoms with Crippen LogP contribution in [0, 0.1) is 6.92 Å². The van der Waals surface area contributed by atoms with Crippen molar-refractivity contribution in [2.24, 2.45) is 7.05 Å². The van der Waals surface area contributed by atoms with Gasteiger partial charge in [0, 0.05) is 24.9 Å². The van der Waals surface area contributed by atoms with E-state index < -0.39 is 5.60 Å². The predicted molar refractivity (Wildman–Crippen MR) is 58.5 cm³/mol. The average Bonchev–Trinajstić information content (AvgIpc) is 2.61. The minimum atomic E-state index is -0.495. The molecule has 1 fully saturated rings. The van der Waals surface area contributed by atoms with Gasteiger partial charge in [0.15, 0.2) is 0 Å². The monoisotopic (exact) mass is 212 g/mol. The number of thioether (sulfide) groups is 1. The maximum atomic E-state index is 10.2. The number of rotatable bonds is 2. The summed E-state index contributed by atoms with van der Waals surface area (Å²) >= 11 is 1.83. The number of hydrogen-bond donors (Lipinski definition) is 1. The number of nitrogens with zero attached hydrogens (tertiary/aromatic N) is 2. The number of aromatic nitrogens is 2. The second-order valence-electron chi connectivity index (χ2n) is 4.10. The number of aliphatic hydroxyl groups is 1. The number of hydrogen-bond acceptors (Lipinski definition) is 3. The first-order chi connectivity index (χ1) is 6.59. The van der Waals surface area contributed by atoms with E-state index in [9.17, 15) is 5.11 Å². The van der Waals surface area contributed by atoms with E-state index in [-0.39, 0.29) is 0 Å². The maximum absolute atomic E-state index is 10.2. The fourth-order valence-corrected chi connectivity index (χ4v) is 3.20. The third kappa shape index (κ3) is 1.96. The van der Waals surface area contributed by atoms with Crippen LogP contribution in [-0.4, -0.2) is 32.0 Å². The summed E-state index contributed by atoms with van der Waals surface area (Å²) in [5.41, 5.74) is 1.66. The van der Waals surface area contributed by atoms with Crippen molar-refractivity contribution < 1.29 is 5.11 Å². The summed E-state index contributed by atoms with van der Waals surface area (Å²) in [6.07, 6.45) is 1.64. The Hall–Kier alpha value is -0.480. The minimum absolute atomic E-state index is 0.495. The van der Waals surface area contributed by atoms with Crippen LogP contribution in [0.15, 0.2) is 6.07 Å². The highest BCUT2D eigenvalue weighted by atomic mass is 32.2. The summed E-state index contributed by atoms with van der Waals surface area (Å²) in [5, 5.41) is 14.5. The van der Waals surface area contributed by atoms with Crippen molar-refractivity contribution in [1.82, 2.24) is 9.78 Å². The van der Waals surface area contributed by atoms with Gasteiger partial charge in [-0.3, -0.25) is 4.68 Å². The third-order valence-electron chi connectivity index (χ3n) is 2.69. The van der Waals surface area contributed by atoms with Gasteiger partial charge in [-0.1, -0.05) is 0 Å². The molecule has 1 atom stereocenters. The van der Waals surface area contributed by atoms with Crippen molar-refractivity contribution in [3.8, 4) is 0 Å². The summed E-state index contributed by atoms with van der Waals surface area (Å²) in [5.74, 6) is 1.94. The Labute approximate surface area is 88.5 Å². The molecule has 0 radical (unpaired) electrons. The zero-order valence-corrected chi connectivity index (χ0v) is 9.47. The molecule has 14 heavy (non-hydrogen) atoms. The van der Waals surface area contributed by atoms with Crippen molar-refractivity contribution >= 4 is 11.8 Å². The van der Waals surface area contributed by atoms with Crippen molar-refractivity contribution in [2.75, 3.05) is 11.5 Å². The largest absolute Gasteiger partial charge is 0.389 e. The molecule has 1 aliphatic rings. The predicted octanol–water partition coefficient (Wildman–Crippen LogP) is 1.14. The average molecular weight is 212 g/mol. The van der Waals surface area contributed by atoms with Crippen LogP contribution in [0.1, 0.15) is 17.8 Å². The van der Waals surface area contributed by atoms with E-state index in [0.29, 0.717) is 0 Å². The van der Waals surface area contributed by atoms with Gasteiger partial charge in [0.1, 0.15) is 0 Å². The Morgan fingerprint density at radius 2 is 2.50 bits per heavy atom. The summed E-state index contributed by atoms with van der Waals surface area (Å²) < 4.78 is 1.87. The highest BCUT2D eigenvalue weighted by molar-refractivity contribution is 7.99. The molecule has 0 saturated carbocycles. The summed E-state index contributed by atoms with van der Waals surface area (Å²) in [7, 11) is 1.94. The van der Waals surface area contributed by atoms with Crippen LogP contribution in [0.25, 0.3) is 0 Å². The molecule has 78 valence electrons. The van der Waals surface area contributed by atoms with Gasteiger partial charge in [0.2, 0.25) is 0 Å². The van der Waals surface area contributed by atoms with Gasteiger partial charge < -0.3 is 5.11 Å². The smallest absolute Gasteiger partial charge is 0.0800 e. The Morgan fingerprint density at radius 3 is 3.00 bits per heavy atom. The highest BCUT2D eigenvalue weighted by Crippen LogP contribution is 2.30. The lowest BCUT2D eigenvalue weighted by Gasteiger charge is -2.20. The van der Waals surface area contributed by atoms with Crippen molar-refractivity contribution in [3.63, 3.8) is 0 Å². The van der Waals surface area contributed by atoms with Crippen LogP contribution in [0.3, 0.4) is 0 Å². The van der Waals surface area contributed by atoms with Gasteiger partial charge in [-0.2, -0.15) is 16.9 Å². The van der Waals surface area contributed by atoms with Gasteiger partial charge in [0.05, 0.1) is 11.3 Å². The topological polar surface area (TPSA) is 38.0 Å². The Balaban J connectivity index is 2.13. The van der Waals surface area contributed by atoms with Crippen LogP contribution < -0.4 is 0 Å². The molecule has 0 spiro atoms. The first-order valence-corrected chi connectivity index (χ1v) is 6.04. The first-order valence-electron chi connectivity index (χ1n) is 4.89. The van der Waals surface area contributed by atoms with Crippen molar-refractivity contribution in [1.29, 1.82) is 0 Å². The van der Waals surface area contributed by atoms with E-state index in [0.717, 1.165) is 35.7 Å². The Kier molecular flexibility index (Phi) is 2.58. The zero-order valence-electron chi connectivity index (χ0n) is 8.66. The molecule has 1 saturated heterocycles. The van der Waals surface area contributed by atoms with Gasteiger partial charge in [0.25, 0.3) is 0 Å². The van der Waals surface area contributed by atoms with Gasteiger partial charge >= 0.3 is 0 Å². The third-order valence-corrected chi connectivity index (χ3v) is 3.93. The molecule has 1 aliphatic heterocycles. The molecular formula is C10H16N2OS. The maximum Gasteiger partial charge on any atom is 0.0800 e. The molecule has 0 aromatic carbocycles. The highest BCUT2D eigenvalue weighted by Gasteiger charge is 2.32. The van der Waals surface area contributed by atoms with Crippen LogP contribution >= 0.6 is 11.8 Å². The SMILES string of the molecule is Cc1cc(CC2(O)CCSC2)n(C)n1. The molecule has 2 heterocycles. The van der Waals surface area contributed by atoms with E-state index in [1.165, 1.54) is 0 Å². The number of aryl methyl sites for hydroxylation is 2. The van der Waals surface area contributed by atoms with Crippen molar-refractivity contribution in [2.45, 2.75) is 25.4 Å². The second kappa shape index (κ2) is 3.59. The zero-order chi connectivity index (χ0) is 10.2. The Morgan fingerprint density at radius 1 is 1.71 bits per heavy atom. The lowest BCUT2D eigenvalue weighted by molar-refractivity contribution is 0.0666. The minimum Gasteiger partial charge on any atom is -0.389 e. The molecule has 1 aromatic heterocycles. The molecule has 0 bridgehead atoms. The van der Waals surface area contributed by atoms with E-state index in [1.807, 2.05) is 30.4 Å². The molecule has 3 nitrogen and oxygen atoms in total. The summed E-state index contributed by atoms with van der Waals surface area (Å²) in [6, 6.07) is 2.06. The standard InChI is InChI=1S/C10H16N2OS/c1-8-5-9(12(2)11-8)6-10(13)3-4-14-7-10/h5,13H,3-4,6-7H2,1-2H3. The Bertz CT molecular complexity index is 329. The summed E-state index contributed by atoms with van der Waals surface area (Å²) in [6.45, 7) is 1.98. The van der Waals surface area contributed by atoms with Crippen LogP contribution in [0.5, 0.6) is 0 Å². The van der Waals surface area contributed by atoms with Crippen molar-refractivity contribution in [3.05, 3.63) is 17.5 Å². The normalized spacial score (nSPS) is 27.1. The van der Waals surface area contributed by atoms with Gasteiger partial charge in [-0.05, 0) is 25.2 Å². The van der Waals surface area contributed by atoms with Crippen LogP contribution in [-0.2, 0) is 13.5 Å². The second-order valence-corrected chi connectivity index (χ2v) is 5.21. The molecule has 1 unspecified atom stereocenters. The molecule has 0 amide bonds. The molecule has 1 aromatic rings. The molecule has 0 aliphatic carbocycles. The fourth-order valence-electron chi connectivity index (χ4n) is 1.90.